The zero-order chi connectivity index (χ0) is 15.2. The monoisotopic (exact) mass is 281 g/mol. The molecular weight excluding hydrogens is 258 g/mol. The van der Waals surface area contributed by atoms with E-state index >= 15 is 0 Å². The predicted octanol–water partition coefficient (Wildman–Crippen LogP) is 1.48. The van der Waals surface area contributed by atoms with Gasteiger partial charge >= 0.3 is 6.09 Å². The van der Waals surface area contributed by atoms with Crippen molar-refractivity contribution >= 4 is 6.09 Å². The molecule has 2 unspecified atom stereocenters. The molecule has 0 aliphatic rings. The molecule has 5 nitrogen and oxygen atoms in total. The zero-order valence-electron chi connectivity index (χ0n) is 12.2. The van der Waals surface area contributed by atoms with E-state index in [4.69, 9.17) is 9.84 Å². The van der Waals surface area contributed by atoms with Crippen LogP contribution in [0.5, 0.6) is 0 Å². The van der Waals surface area contributed by atoms with Crippen molar-refractivity contribution in [3.05, 3.63) is 35.9 Å². The van der Waals surface area contributed by atoms with Gasteiger partial charge < -0.3 is 20.3 Å². The number of aliphatic hydroxyl groups is 2. The van der Waals surface area contributed by atoms with Gasteiger partial charge in [-0.25, -0.2) is 4.79 Å². The normalized spacial score (nSPS) is 14.4. The molecule has 112 valence electrons. The summed E-state index contributed by atoms with van der Waals surface area (Å²) in [5.74, 6) is 0. The highest BCUT2D eigenvalue weighted by atomic mass is 16.6. The summed E-state index contributed by atoms with van der Waals surface area (Å²) in [5.41, 5.74) is 0.354. The van der Waals surface area contributed by atoms with Gasteiger partial charge in [0.05, 0.1) is 18.8 Å². The number of alkyl carbamates (subject to hydrolysis) is 1. The van der Waals surface area contributed by atoms with Crippen LogP contribution in [0.25, 0.3) is 0 Å². The first-order chi connectivity index (χ1) is 9.31. The number of carbonyl (C=O) groups excluding carboxylic acids is 1. The molecule has 0 spiro atoms. The van der Waals surface area contributed by atoms with E-state index in [1.165, 1.54) is 0 Å². The third-order valence-electron chi connectivity index (χ3n) is 2.65. The molecule has 0 saturated heterocycles. The van der Waals surface area contributed by atoms with Crippen molar-refractivity contribution in [2.45, 2.75) is 44.9 Å². The number of amides is 1. The van der Waals surface area contributed by atoms with Crippen molar-refractivity contribution in [3.63, 3.8) is 0 Å². The van der Waals surface area contributed by atoms with Gasteiger partial charge in [0, 0.05) is 0 Å². The quantitative estimate of drug-likeness (QED) is 0.764. The first-order valence-corrected chi connectivity index (χ1v) is 6.64. The van der Waals surface area contributed by atoms with Gasteiger partial charge in [-0.1, -0.05) is 30.3 Å². The first-order valence-electron chi connectivity index (χ1n) is 6.64. The first kappa shape index (κ1) is 16.5. The molecule has 0 heterocycles. The summed E-state index contributed by atoms with van der Waals surface area (Å²) in [7, 11) is 0. The Morgan fingerprint density at radius 1 is 1.30 bits per heavy atom. The molecule has 2 atom stereocenters. The lowest BCUT2D eigenvalue weighted by Gasteiger charge is -2.26. The van der Waals surface area contributed by atoms with E-state index in [0.29, 0.717) is 6.42 Å². The molecule has 1 rings (SSSR count). The smallest absolute Gasteiger partial charge is 0.407 e. The molecule has 5 heteroatoms. The second-order valence-corrected chi connectivity index (χ2v) is 5.69. The number of hydrogen-bond acceptors (Lipinski definition) is 4. The summed E-state index contributed by atoms with van der Waals surface area (Å²) in [5, 5.41) is 21.5. The van der Waals surface area contributed by atoms with Crippen LogP contribution in [0.4, 0.5) is 4.79 Å². The number of hydrogen-bond donors (Lipinski definition) is 3. The van der Waals surface area contributed by atoms with Gasteiger partial charge in [0.15, 0.2) is 0 Å². The second-order valence-electron chi connectivity index (χ2n) is 5.69. The fourth-order valence-electron chi connectivity index (χ4n) is 1.74. The summed E-state index contributed by atoms with van der Waals surface area (Å²) >= 11 is 0. The van der Waals surface area contributed by atoms with Gasteiger partial charge in [-0.3, -0.25) is 0 Å². The van der Waals surface area contributed by atoms with Crippen molar-refractivity contribution in [2.24, 2.45) is 0 Å². The Morgan fingerprint density at radius 3 is 2.40 bits per heavy atom. The maximum Gasteiger partial charge on any atom is 0.407 e. The average Bonchev–Trinajstić information content (AvgIpc) is 2.36. The molecule has 0 aromatic heterocycles. The molecule has 0 saturated carbocycles. The minimum Gasteiger partial charge on any atom is -0.444 e. The molecule has 0 aliphatic heterocycles. The summed E-state index contributed by atoms with van der Waals surface area (Å²) in [6, 6.07) is 8.85. The molecule has 20 heavy (non-hydrogen) atoms. The Hall–Kier alpha value is -1.59. The van der Waals surface area contributed by atoms with Crippen LogP contribution in [0.15, 0.2) is 30.3 Å². The van der Waals surface area contributed by atoms with Crippen LogP contribution >= 0.6 is 0 Å². The number of ether oxygens (including phenoxy) is 1. The van der Waals surface area contributed by atoms with Crippen molar-refractivity contribution < 1.29 is 19.7 Å². The lowest BCUT2D eigenvalue weighted by molar-refractivity contribution is 0.0320. The van der Waals surface area contributed by atoms with Gasteiger partial charge in [-0.15, -0.1) is 0 Å². The molecule has 1 aromatic carbocycles. The number of carbonyl (C=O) groups is 1. The maximum absolute atomic E-state index is 11.8. The van der Waals surface area contributed by atoms with Crippen molar-refractivity contribution in [1.82, 2.24) is 5.32 Å². The maximum atomic E-state index is 11.8. The Bertz CT molecular complexity index is 414. The fourth-order valence-corrected chi connectivity index (χ4v) is 1.74. The van der Waals surface area contributed by atoms with Crippen molar-refractivity contribution in [3.8, 4) is 0 Å². The number of aliphatic hydroxyl groups excluding tert-OH is 2. The lowest BCUT2D eigenvalue weighted by Crippen LogP contribution is -2.48. The minimum atomic E-state index is -1.04. The van der Waals surface area contributed by atoms with E-state index in [-0.39, 0.29) is 0 Å². The van der Waals surface area contributed by atoms with Gasteiger partial charge in [-0.2, -0.15) is 0 Å². The van der Waals surface area contributed by atoms with Gasteiger partial charge in [-0.05, 0) is 32.8 Å². The summed E-state index contributed by atoms with van der Waals surface area (Å²) < 4.78 is 5.16. The third kappa shape index (κ3) is 6.04. The van der Waals surface area contributed by atoms with E-state index < -0.39 is 30.4 Å². The topological polar surface area (TPSA) is 78.8 Å². The second kappa shape index (κ2) is 7.26. The van der Waals surface area contributed by atoms with E-state index in [9.17, 15) is 9.90 Å². The summed E-state index contributed by atoms with van der Waals surface area (Å²) in [6.45, 7) is 4.87. The number of nitrogens with one attached hydrogen (secondary N) is 1. The van der Waals surface area contributed by atoms with Crippen LogP contribution < -0.4 is 5.32 Å². The van der Waals surface area contributed by atoms with Crippen LogP contribution in [0, 0.1) is 0 Å². The van der Waals surface area contributed by atoms with Crippen molar-refractivity contribution in [1.29, 1.82) is 0 Å². The van der Waals surface area contributed by atoms with Gasteiger partial charge in [0.1, 0.15) is 5.60 Å². The van der Waals surface area contributed by atoms with Gasteiger partial charge in [0.25, 0.3) is 0 Å². The summed E-state index contributed by atoms with van der Waals surface area (Å²) in [4.78, 5) is 11.8. The van der Waals surface area contributed by atoms with E-state index in [2.05, 4.69) is 5.32 Å². The number of benzene rings is 1. The third-order valence-corrected chi connectivity index (χ3v) is 2.65. The lowest BCUT2D eigenvalue weighted by atomic mass is 10.0. The van der Waals surface area contributed by atoms with Crippen molar-refractivity contribution in [2.75, 3.05) is 6.61 Å². The highest BCUT2D eigenvalue weighted by Crippen LogP contribution is 2.10. The molecular formula is C15H23NO4. The Labute approximate surface area is 119 Å². The minimum absolute atomic E-state index is 0.418. The number of rotatable bonds is 5. The van der Waals surface area contributed by atoms with E-state index in [1.54, 1.807) is 20.8 Å². The average molecular weight is 281 g/mol. The Morgan fingerprint density at radius 2 is 1.90 bits per heavy atom. The fraction of sp³-hybridized carbons (Fsp3) is 0.533. The van der Waals surface area contributed by atoms with E-state index in [1.807, 2.05) is 30.3 Å². The van der Waals surface area contributed by atoms with E-state index in [0.717, 1.165) is 5.56 Å². The van der Waals surface area contributed by atoms with Gasteiger partial charge in [0.2, 0.25) is 0 Å². The molecule has 0 fully saturated rings. The zero-order valence-corrected chi connectivity index (χ0v) is 12.2. The summed E-state index contributed by atoms with van der Waals surface area (Å²) in [6.07, 6.45) is -1.23. The highest BCUT2D eigenvalue weighted by Gasteiger charge is 2.24. The largest absolute Gasteiger partial charge is 0.444 e. The van der Waals surface area contributed by atoms with Crippen LogP contribution in [0.2, 0.25) is 0 Å². The van der Waals surface area contributed by atoms with Crippen LogP contribution in [0.1, 0.15) is 26.3 Å². The van der Waals surface area contributed by atoms with Crippen LogP contribution in [-0.2, 0) is 11.2 Å². The standard InChI is InChI=1S/C15H23NO4/c1-15(2,3)20-14(19)16-12(13(18)10-17)9-11-7-5-4-6-8-11/h4-8,12-13,17-18H,9-10H2,1-3H3,(H,16,19). The van der Waals surface area contributed by atoms with Crippen LogP contribution in [0.3, 0.4) is 0 Å². The molecule has 1 aromatic rings. The molecule has 0 bridgehead atoms. The Balaban J connectivity index is 2.68. The molecule has 1 amide bonds. The highest BCUT2D eigenvalue weighted by molar-refractivity contribution is 5.68. The Kier molecular flexibility index (Phi) is 5.98. The molecule has 3 N–H and O–H groups in total. The predicted molar refractivity (Wildman–Crippen MR) is 76.4 cm³/mol. The molecule has 0 aliphatic carbocycles. The SMILES string of the molecule is CC(C)(C)OC(=O)NC(Cc1ccccc1)C(O)CO. The molecule has 0 radical (unpaired) electrons. The van der Waals surface area contributed by atoms with Crippen LogP contribution in [-0.4, -0.2) is 40.7 Å².